The summed E-state index contributed by atoms with van der Waals surface area (Å²) in [6.07, 6.45) is 2.24. The van der Waals surface area contributed by atoms with Crippen molar-refractivity contribution in [3.8, 4) is 0 Å². The summed E-state index contributed by atoms with van der Waals surface area (Å²) < 4.78 is 28.2. The fourth-order valence-electron chi connectivity index (χ4n) is 3.27. The van der Waals surface area contributed by atoms with E-state index < -0.39 is 23.5 Å². The second-order valence-corrected chi connectivity index (χ2v) is 6.78. The van der Waals surface area contributed by atoms with E-state index in [0.717, 1.165) is 12.1 Å². The van der Waals surface area contributed by atoms with Gasteiger partial charge in [-0.1, -0.05) is 11.3 Å². The minimum Gasteiger partial charge on any atom is -0.481 e. The zero-order chi connectivity index (χ0) is 19.6. The van der Waals surface area contributed by atoms with Crippen molar-refractivity contribution in [2.45, 2.75) is 45.2 Å². The maximum Gasteiger partial charge on any atom is 0.306 e. The first-order valence-corrected chi connectivity index (χ1v) is 8.73. The highest BCUT2D eigenvalue weighted by Gasteiger charge is 2.28. The van der Waals surface area contributed by atoms with E-state index in [1.165, 1.54) is 10.7 Å². The summed E-state index contributed by atoms with van der Waals surface area (Å²) in [7, 11) is 0. The van der Waals surface area contributed by atoms with Crippen molar-refractivity contribution in [2.75, 3.05) is 0 Å². The fourth-order valence-corrected chi connectivity index (χ4v) is 3.27. The van der Waals surface area contributed by atoms with Crippen LogP contribution in [0.5, 0.6) is 0 Å². The van der Waals surface area contributed by atoms with Crippen LogP contribution >= 0.6 is 0 Å². The Bertz CT molecular complexity index is 860. The predicted molar refractivity (Wildman–Crippen MR) is 91.1 cm³/mol. The molecule has 0 radical (unpaired) electrons. The summed E-state index contributed by atoms with van der Waals surface area (Å²) in [5.41, 5.74) is 0.844. The lowest BCUT2D eigenvalue weighted by Crippen LogP contribution is -2.39. The van der Waals surface area contributed by atoms with Crippen LogP contribution in [0, 0.1) is 24.5 Å². The minimum absolute atomic E-state index is 0.0297. The molecule has 1 aromatic carbocycles. The predicted octanol–water partition coefficient (Wildman–Crippen LogP) is 2.29. The van der Waals surface area contributed by atoms with Crippen molar-refractivity contribution < 1.29 is 23.5 Å². The summed E-state index contributed by atoms with van der Waals surface area (Å²) in [4.78, 5) is 23.4. The van der Waals surface area contributed by atoms with E-state index in [4.69, 9.17) is 5.11 Å². The van der Waals surface area contributed by atoms with Gasteiger partial charge in [-0.2, -0.15) is 0 Å². The smallest absolute Gasteiger partial charge is 0.306 e. The molecule has 0 saturated heterocycles. The number of aromatic nitrogens is 3. The number of nitrogens with zero attached hydrogens (tertiary/aromatic N) is 3. The van der Waals surface area contributed by atoms with Crippen LogP contribution in [0.3, 0.4) is 0 Å². The first-order valence-electron chi connectivity index (χ1n) is 8.73. The molecule has 1 heterocycles. The third kappa shape index (κ3) is 4.29. The molecular weight excluding hydrogens is 358 g/mol. The van der Waals surface area contributed by atoms with Crippen LogP contribution in [-0.4, -0.2) is 38.0 Å². The summed E-state index contributed by atoms with van der Waals surface area (Å²) >= 11 is 0. The highest BCUT2D eigenvalue weighted by Crippen LogP contribution is 2.24. The molecule has 1 fully saturated rings. The van der Waals surface area contributed by atoms with Crippen molar-refractivity contribution in [1.82, 2.24) is 20.3 Å². The first-order chi connectivity index (χ1) is 12.8. The van der Waals surface area contributed by atoms with E-state index in [1.54, 1.807) is 6.92 Å². The number of benzene rings is 1. The molecule has 1 aromatic heterocycles. The van der Waals surface area contributed by atoms with E-state index in [2.05, 4.69) is 15.6 Å². The molecule has 3 rings (SSSR count). The second kappa shape index (κ2) is 7.81. The SMILES string of the molecule is Cc1c(C(=O)NC2CCC(C(=O)O)CC2)nnn1Cc1ccc(F)cc1F. The van der Waals surface area contributed by atoms with Gasteiger partial charge in [-0.05, 0) is 38.7 Å². The van der Waals surface area contributed by atoms with Gasteiger partial charge in [-0.3, -0.25) is 9.59 Å². The van der Waals surface area contributed by atoms with Crippen molar-refractivity contribution in [1.29, 1.82) is 0 Å². The monoisotopic (exact) mass is 378 g/mol. The van der Waals surface area contributed by atoms with Crippen LogP contribution in [0.1, 0.15) is 47.4 Å². The number of amides is 1. The Morgan fingerprint density at radius 1 is 1.26 bits per heavy atom. The van der Waals surface area contributed by atoms with Gasteiger partial charge in [0.05, 0.1) is 18.2 Å². The third-order valence-corrected chi connectivity index (χ3v) is 4.94. The molecule has 0 atom stereocenters. The first kappa shape index (κ1) is 18.9. The maximum atomic E-state index is 13.8. The van der Waals surface area contributed by atoms with Crippen LogP contribution in [0.25, 0.3) is 0 Å². The molecule has 0 spiro atoms. The van der Waals surface area contributed by atoms with Gasteiger partial charge < -0.3 is 10.4 Å². The van der Waals surface area contributed by atoms with E-state index in [0.29, 0.717) is 31.4 Å². The van der Waals surface area contributed by atoms with E-state index in [-0.39, 0.29) is 29.8 Å². The Morgan fingerprint density at radius 2 is 1.96 bits per heavy atom. The molecular formula is C18H20F2N4O3. The third-order valence-electron chi connectivity index (χ3n) is 4.94. The molecule has 1 aliphatic rings. The fraction of sp³-hybridized carbons (Fsp3) is 0.444. The maximum absolute atomic E-state index is 13.8. The van der Waals surface area contributed by atoms with Gasteiger partial charge in [0.2, 0.25) is 0 Å². The Labute approximate surface area is 154 Å². The zero-order valence-electron chi connectivity index (χ0n) is 14.8. The quantitative estimate of drug-likeness (QED) is 0.832. The lowest BCUT2D eigenvalue weighted by molar-refractivity contribution is -0.142. The van der Waals surface area contributed by atoms with E-state index >= 15 is 0 Å². The number of hydrogen-bond acceptors (Lipinski definition) is 4. The number of hydrogen-bond donors (Lipinski definition) is 2. The topological polar surface area (TPSA) is 97.1 Å². The van der Waals surface area contributed by atoms with Gasteiger partial charge in [0.25, 0.3) is 5.91 Å². The molecule has 1 aliphatic carbocycles. The Kier molecular flexibility index (Phi) is 5.48. The van der Waals surface area contributed by atoms with Crippen LogP contribution in [0.2, 0.25) is 0 Å². The molecule has 0 bridgehead atoms. The van der Waals surface area contributed by atoms with E-state index in [1.807, 2.05) is 0 Å². The van der Waals surface area contributed by atoms with Gasteiger partial charge in [-0.25, -0.2) is 13.5 Å². The second-order valence-electron chi connectivity index (χ2n) is 6.78. The van der Waals surface area contributed by atoms with Gasteiger partial charge in [0, 0.05) is 17.7 Å². The molecule has 0 aliphatic heterocycles. The Hall–Kier alpha value is -2.84. The highest BCUT2D eigenvalue weighted by molar-refractivity contribution is 5.93. The summed E-state index contributed by atoms with van der Waals surface area (Å²) in [6.45, 7) is 1.68. The van der Waals surface area contributed by atoms with Crippen LogP contribution < -0.4 is 5.32 Å². The van der Waals surface area contributed by atoms with Crippen LogP contribution in [0.4, 0.5) is 8.78 Å². The summed E-state index contributed by atoms with van der Waals surface area (Å²) in [6, 6.07) is 3.17. The Balaban J connectivity index is 1.64. The van der Waals surface area contributed by atoms with Crippen LogP contribution in [-0.2, 0) is 11.3 Å². The number of carboxylic acid groups (broad SMARTS) is 1. The number of rotatable bonds is 5. The molecule has 2 aromatic rings. The molecule has 7 nitrogen and oxygen atoms in total. The number of aliphatic carboxylic acids is 1. The molecule has 1 amide bonds. The van der Waals surface area contributed by atoms with Crippen LogP contribution in [0.15, 0.2) is 18.2 Å². The van der Waals surface area contributed by atoms with Gasteiger partial charge in [0.1, 0.15) is 11.6 Å². The number of carboxylic acids is 1. The number of carbonyl (C=O) groups excluding carboxylic acids is 1. The molecule has 1 saturated carbocycles. The molecule has 9 heteroatoms. The molecule has 27 heavy (non-hydrogen) atoms. The molecule has 2 N–H and O–H groups in total. The average molecular weight is 378 g/mol. The van der Waals surface area contributed by atoms with Gasteiger partial charge in [-0.15, -0.1) is 5.10 Å². The van der Waals surface area contributed by atoms with E-state index in [9.17, 15) is 18.4 Å². The van der Waals surface area contributed by atoms with Crippen molar-refractivity contribution in [3.63, 3.8) is 0 Å². The van der Waals surface area contributed by atoms with Crippen molar-refractivity contribution in [2.24, 2.45) is 5.92 Å². The number of halogens is 2. The largest absolute Gasteiger partial charge is 0.481 e. The molecule has 0 unspecified atom stereocenters. The summed E-state index contributed by atoms with van der Waals surface area (Å²) in [5, 5.41) is 19.7. The zero-order valence-corrected chi connectivity index (χ0v) is 14.8. The van der Waals surface area contributed by atoms with Crippen molar-refractivity contribution >= 4 is 11.9 Å². The number of nitrogens with one attached hydrogen (secondary N) is 1. The lowest BCUT2D eigenvalue weighted by Gasteiger charge is -2.26. The standard InChI is InChI=1S/C18H20F2N4O3/c1-10-16(17(25)21-14-6-3-11(4-7-14)18(26)27)22-23-24(10)9-12-2-5-13(19)8-15(12)20/h2,5,8,11,14H,3-4,6-7,9H2,1H3,(H,21,25)(H,26,27). The normalized spacial score (nSPS) is 19.7. The van der Waals surface area contributed by atoms with Gasteiger partial charge >= 0.3 is 5.97 Å². The average Bonchev–Trinajstić information content (AvgIpc) is 2.98. The lowest BCUT2D eigenvalue weighted by atomic mass is 9.86. The number of carbonyl (C=O) groups is 2. The highest BCUT2D eigenvalue weighted by atomic mass is 19.1. The van der Waals surface area contributed by atoms with Gasteiger partial charge in [0.15, 0.2) is 5.69 Å². The Morgan fingerprint density at radius 3 is 2.59 bits per heavy atom. The molecule has 144 valence electrons. The van der Waals surface area contributed by atoms with Crippen molar-refractivity contribution in [3.05, 3.63) is 46.8 Å². The summed E-state index contributed by atoms with van der Waals surface area (Å²) in [5.74, 6) is -2.90. The minimum atomic E-state index is -0.799.